The van der Waals surface area contributed by atoms with E-state index in [-0.39, 0.29) is 11.7 Å². The number of hydrogen-bond donors (Lipinski definition) is 1. The maximum absolute atomic E-state index is 11.8. The SMILES string of the molecule is CCC(=O)Nc1cc(C(=O)C(C)Cl)ccc1OC. The molecule has 0 aliphatic rings. The number of hydrogen-bond acceptors (Lipinski definition) is 3. The van der Waals surface area contributed by atoms with Crippen molar-refractivity contribution in [1.29, 1.82) is 0 Å². The van der Waals surface area contributed by atoms with Crippen molar-refractivity contribution in [2.24, 2.45) is 0 Å². The number of anilines is 1. The van der Waals surface area contributed by atoms with Gasteiger partial charge in [-0.25, -0.2) is 0 Å². The number of alkyl halides is 1. The van der Waals surface area contributed by atoms with Crippen LogP contribution in [0.4, 0.5) is 5.69 Å². The van der Waals surface area contributed by atoms with Crippen molar-refractivity contribution in [3.8, 4) is 5.75 Å². The van der Waals surface area contributed by atoms with Gasteiger partial charge in [0.1, 0.15) is 5.75 Å². The molecule has 1 unspecified atom stereocenters. The Bertz CT molecular complexity index is 458. The van der Waals surface area contributed by atoms with Crippen LogP contribution < -0.4 is 10.1 Å². The zero-order chi connectivity index (χ0) is 13.7. The van der Waals surface area contributed by atoms with E-state index in [2.05, 4.69) is 5.32 Å². The first kappa shape index (κ1) is 14.5. The van der Waals surface area contributed by atoms with Gasteiger partial charge < -0.3 is 10.1 Å². The number of carbonyl (C=O) groups excluding carboxylic acids is 2. The van der Waals surface area contributed by atoms with Crippen LogP contribution >= 0.6 is 11.6 Å². The highest BCUT2D eigenvalue weighted by Gasteiger charge is 2.15. The summed E-state index contributed by atoms with van der Waals surface area (Å²) in [4.78, 5) is 23.2. The Morgan fingerprint density at radius 2 is 2.11 bits per heavy atom. The normalized spacial score (nSPS) is 11.8. The molecule has 98 valence electrons. The van der Waals surface area contributed by atoms with Crippen LogP contribution in [-0.4, -0.2) is 24.2 Å². The van der Waals surface area contributed by atoms with Gasteiger partial charge in [-0.1, -0.05) is 6.92 Å². The van der Waals surface area contributed by atoms with Crippen molar-refractivity contribution < 1.29 is 14.3 Å². The molecule has 1 atom stereocenters. The number of benzene rings is 1. The van der Waals surface area contributed by atoms with Crippen molar-refractivity contribution in [2.75, 3.05) is 12.4 Å². The highest BCUT2D eigenvalue weighted by atomic mass is 35.5. The summed E-state index contributed by atoms with van der Waals surface area (Å²) >= 11 is 5.75. The lowest BCUT2D eigenvalue weighted by Crippen LogP contribution is -2.14. The Morgan fingerprint density at radius 1 is 1.44 bits per heavy atom. The first-order chi connectivity index (χ1) is 8.49. The first-order valence-corrected chi connectivity index (χ1v) is 6.09. The minimum atomic E-state index is -0.604. The first-order valence-electron chi connectivity index (χ1n) is 5.65. The van der Waals surface area contributed by atoms with Gasteiger partial charge in [0, 0.05) is 12.0 Å². The van der Waals surface area contributed by atoms with Gasteiger partial charge in [-0.05, 0) is 25.1 Å². The molecule has 1 rings (SSSR count). The predicted molar refractivity (Wildman–Crippen MR) is 71.6 cm³/mol. The Morgan fingerprint density at radius 3 is 2.61 bits per heavy atom. The van der Waals surface area contributed by atoms with Gasteiger partial charge in [0.25, 0.3) is 0 Å². The van der Waals surface area contributed by atoms with E-state index in [0.29, 0.717) is 23.4 Å². The summed E-state index contributed by atoms with van der Waals surface area (Å²) in [6.07, 6.45) is 0.354. The fourth-order valence-corrected chi connectivity index (χ4v) is 1.55. The predicted octanol–water partition coefficient (Wildman–Crippen LogP) is 2.85. The largest absolute Gasteiger partial charge is 0.495 e. The van der Waals surface area contributed by atoms with Crippen LogP contribution in [0.3, 0.4) is 0 Å². The number of methoxy groups -OCH3 is 1. The summed E-state index contributed by atoms with van der Waals surface area (Å²) in [5.74, 6) is 0.179. The molecule has 0 aliphatic heterocycles. The number of Topliss-reactive ketones (excluding diaryl/α,β-unsaturated/α-hetero) is 1. The van der Waals surface area contributed by atoms with Crippen LogP contribution in [-0.2, 0) is 4.79 Å². The highest BCUT2D eigenvalue weighted by Crippen LogP contribution is 2.26. The monoisotopic (exact) mass is 269 g/mol. The molecule has 5 heteroatoms. The molecule has 1 N–H and O–H groups in total. The van der Waals surface area contributed by atoms with Crippen molar-refractivity contribution in [3.63, 3.8) is 0 Å². The summed E-state index contributed by atoms with van der Waals surface area (Å²) in [5.41, 5.74) is 0.928. The number of ketones is 1. The molecule has 4 nitrogen and oxygen atoms in total. The van der Waals surface area contributed by atoms with Crippen molar-refractivity contribution in [1.82, 2.24) is 0 Å². The number of amides is 1. The summed E-state index contributed by atoms with van der Waals surface area (Å²) < 4.78 is 5.13. The van der Waals surface area contributed by atoms with E-state index in [9.17, 15) is 9.59 Å². The molecule has 1 aromatic rings. The van der Waals surface area contributed by atoms with Gasteiger partial charge in [-0.3, -0.25) is 9.59 Å². The van der Waals surface area contributed by atoms with E-state index >= 15 is 0 Å². The Hall–Kier alpha value is -1.55. The van der Waals surface area contributed by atoms with Crippen LogP contribution in [0, 0.1) is 0 Å². The molecule has 0 saturated carbocycles. The average Bonchev–Trinajstić information content (AvgIpc) is 2.37. The Kier molecular flexibility index (Phi) is 5.16. The minimum absolute atomic E-state index is 0.142. The molecule has 0 radical (unpaired) electrons. The number of nitrogens with one attached hydrogen (secondary N) is 1. The molecule has 0 saturated heterocycles. The second-order valence-corrected chi connectivity index (χ2v) is 4.45. The van der Waals surface area contributed by atoms with Crippen LogP contribution in [0.1, 0.15) is 30.6 Å². The molecule has 0 fully saturated rings. The van der Waals surface area contributed by atoms with Crippen LogP contribution in [0.5, 0.6) is 5.75 Å². The molecule has 0 heterocycles. The minimum Gasteiger partial charge on any atom is -0.495 e. The molecular formula is C13H16ClNO3. The van der Waals surface area contributed by atoms with Gasteiger partial charge in [0.05, 0.1) is 18.2 Å². The Labute approximate surface area is 111 Å². The number of carbonyl (C=O) groups is 2. The van der Waals surface area contributed by atoms with E-state index in [0.717, 1.165) is 0 Å². The lowest BCUT2D eigenvalue weighted by Gasteiger charge is -2.11. The summed E-state index contributed by atoms with van der Waals surface area (Å²) in [6, 6.07) is 4.84. The number of rotatable bonds is 5. The van der Waals surface area contributed by atoms with E-state index < -0.39 is 5.38 Å². The zero-order valence-electron chi connectivity index (χ0n) is 10.6. The van der Waals surface area contributed by atoms with Gasteiger partial charge in [0.15, 0.2) is 5.78 Å². The molecule has 1 amide bonds. The molecular weight excluding hydrogens is 254 g/mol. The molecule has 1 aromatic carbocycles. The quantitative estimate of drug-likeness (QED) is 0.661. The summed E-state index contributed by atoms with van der Waals surface area (Å²) in [5, 5.41) is 2.08. The second-order valence-electron chi connectivity index (χ2n) is 3.80. The fraction of sp³-hybridized carbons (Fsp3) is 0.385. The van der Waals surface area contributed by atoms with E-state index in [1.54, 1.807) is 32.0 Å². The second kappa shape index (κ2) is 6.40. The standard InChI is InChI=1S/C13H16ClNO3/c1-4-12(16)15-10-7-9(13(17)8(2)14)5-6-11(10)18-3/h5-8H,4H2,1-3H3,(H,15,16). The molecule has 0 bridgehead atoms. The van der Waals surface area contributed by atoms with Gasteiger partial charge in [0.2, 0.25) is 5.91 Å². The van der Waals surface area contributed by atoms with Gasteiger partial charge in [-0.15, -0.1) is 11.6 Å². The van der Waals surface area contributed by atoms with Crippen molar-refractivity contribution in [3.05, 3.63) is 23.8 Å². The van der Waals surface area contributed by atoms with Crippen LogP contribution in [0.15, 0.2) is 18.2 Å². The lowest BCUT2D eigenvalue weighted by molar-refractivity contribution is -0.115. The maximum atomic E-state index is 11.8. The Balaban J connectivity index is 3.09. The zero-order valence-corrected chi connectivity index (χ0v) is 11.4. The third-order valence-corrected chi connectivity index (χ3v) is 2.64. The van der Waals surface area contributed by atoms with E-state index in [1.807, 2.05) is 0 Å². The van der Waals surface area contributed by atoms with Crippen LogP contribution in [0.2, 0.25) is 0 Å². The van der Waals surface area contributed by atoms with Crippen molar-refractivity contribution >= 4 is 29.0 Å². The molecule has 0 spiro atoms. The highest BCUT2D eigenvalue weighted by molar-refractivity contribution is 6.33. The summed E-state index contributed by atoms with van der Waals surface area (Å²) in [7, 11) is 1.50. The summed E-state index contributed by atoms with van der Waals surface area (Å²) in [6.45, 7) is 3.36. The van der Waals surface area contributed by atoms with Crippen molar-refractivity contribution in [2.45, 2.75) is 25.6 Å². The average molecular weight is 270 g/mol. The topological polar surface area (TPSA) is 55.4 Å². The van der Waals surface area contributed by atoms with Crippen LogP contribution in [0.25, 0.3) is 0 Å². The van der Waals surface area contributed by atoms with E-state index in [4.69, 9.17) is 16.3 Å². The third kappa shape index (κ3) is 3.47. The smallest absolute Gasteiger partial charge is 0.224 e. The lowest BCUT2D eigenvalue weighted by atomic mass is 10.1. The fourth-order valence-electron chi connectivity index (χ4n) is 1.43. The molecule has 0 aromatic heterocycles. The van der Waals surface area contributed by atoms with Gasteiger partial charge in [-0.2, -0.15) is 0 Å². The number of ether oxygens (including phenoxy) is 1. The maximum Gasteiger partial charge on any atom is 0.224 e. The number of halogens is 1. The molecule has 0 aliphatic carbocycles. The van der Waals surface area contributed by atoms with E-state index in [1.165, 1.54) is 7.11 Å². The molecule has 18 heavy (non-hydrogen) atoms. The third-order valence-electron chi connectivity index (χ3n) is 2.44. The van der Waals surface area contributed by atoms with Gasteiger partial charge >= 0.3 is 0 Å².